The van der Waals surface area contributed by atoms with Crippen LogP contribution in [0.25, 0.3) is 21.9 Å². The van der Waals surface area contributed by atoms with Crippen LogP contribution in [0.5, 0.6) is 17.2 Å². The highest BCUT2D eigenvalue weighted by atomic mass is 16.5. The number of hydrogen-bond acceptors (Lipinski definition) is 11. The number of rotatable bonds is 13. The number of ether oxygens (including phenoxy) is 3. The topological polar surface area (TPSA) is 153 Å². The maximum atomic E-state index is 13.3. The quantitative estimate of drug-likeness (QED) is 0.154. The lowest BCUT2D eigenvalue weighted by molar-refractivity contribution is -0.136. The van der Waals surface area contributed by atoms with Crippen LogP contribution in [0.3, 0.4) is 0 Å². The molecule has 5 heterocycles. The predicted molar refractivity (Wildman–Crippen MR) is 211 cm³/mol. The Labute approximate surface area is 330 Å². The number of aryl methyl sites for hydroxylation is 1. The minimum Gasteiger partial charge on any atom is -0.496 e. The van der Waals surface area contributed by atoms with Gasteiger partial charge in [0, 0.05) is 57.3 Å². The number of piperidine rings is 1. The van der Waals surface area contributed by atoms with E-state index in [2.05, 4.69) is 27.1 Å². The second kappa shape index (κ2) is 15.4. The molecular weight excluding hydrogens is 729 g/mol. The lowest BCUT2D eigenvalue weighted by Gasteiger charge is -2.48. The smallest absolute Gasteiger partial charge is 0.262 e. The number of amides is 4. The molecule has 298 valence electrons. The van der Waals surface area contributed by atoms with Crippen molar-refractivity contribution in [1.82, 2.24) is 29.6 Å². The molecule has 2 atom stereocenters. The normalized spacial score (nSPS) is 20.3. The molecule has 0 radical (unpaired) electrons. The van der Waals surface area contributed by atoms with Gasteiger partial charge in [0.25, 0.3) is 17.4 Å². The van der Waals surface area contributed by atoms with Crippen LogP contribution in [0.4, 0.5) is 0 Å². The van der Waals surface area contributed by atoms with Crippen LogP contribution in [-0.4, -0.2) is 107 Å². The summed E-state index contributed by atoms with van der Waals surface area (Å²) in [4.78, 5) is 73.1. The third-order valence-corrected chi connectivity index (χ3v) is 12.1. The number of carbonyl (C=O) groups is 4. The zero-order valence-electron chi connectivity index (χ0n) is 32.8. The number of fused-ring (bicyclic) bond motifs is 2. The molecule has 14 heteroatoms. The van der Waals surface area contributed by atoms with E-state index >= 15 is 0 Å². The summed E-state index contributed by atoms with van der Waals surface area (Å²) in [6, 6.07) is 9.84. The Hall–Kier alpha value is -5.60. The summed E-state index contributed by atoms with van der Waals surface area (Å²) >= 11 is 0. The summed E-state index contributed by atoms with van der Waals surface area (Å²) < 4.78 is 19.7. The fraction of sp³-hybridized carbons (Fsp3) is 0.442. The highest BCUT2D eigenvalue weighted by molar-refractivity contribution is 6.23. The van der Waals surface area contributed by atoms with E-state index < -0.39 is 29.7 Å². The fourth-order valence-electron chi connectivity index (χ4n) is 9.22. The molecule has 3 fully saturated rings. The number of likely N-dealkylation sites (tertiary alicyclic amines) is 1. The minimum atomic E-state index is -0.991. The highest BCUT2D eigenvalue weighted by Crippen LogP contribution is 2.47. The Morgan fingerprint density at radius 2 is 1.67 bits per heavy atom. The first-order chi connectivity index (χ1) is 27.5. The number of methoxy groups -OCH3 is 2. The monoisotopic (exact) mass is 776 g/mol. The number of benzene rings is 2. The fourth-order valence-corrected chi connectivity index (χ4v) is 9.22. The Bertz CT molecular complexity index is 2310. The maximum absolute atomic E-state index is 13.3. The van der Waals surface area contributed by atoms with Gasteiger partial charge in [-0.25, -0.2) is 0 Å². The lowest BCUT2D eigenvalue weighted by atomic mass is 9.78. The first-order valence-electron chi connectivity index (χ1n) is 19.6. The van der Waals surface area contributed by atoms with Gasteiger partial charge in [-0.1, -0.05) is 0 Å². The Morgan fingerprint density at radius 3 is 2.40 bits per heavy atom. The number of nitrogens with one attached hydrogen (secondary N) is 1. The van der Waals surface area contributed by atoms with Crippen LogP contribution in [-0.2, 0) is 23.2 Å². The molecule has 4 amide bonds. The molecule has 3 aliphatic heterocycles. The van der Waals surface area contributed by atoms with Crippen molar-refractivity contribution >= 4 is 34.4 Å². The Kier molecular flexibility index (Phi) is 10.3. The van der Waals surface area contributed by atoms with Gasteiger partial charge in [-0.15, -0.1) is 0 Å². The minimum absolute atomic E-state index is 0.0263. The molecule has 2 aromatic carbocycles. The van der Waals surface area contributed by atoms with E-state index in [0.717, 1.165) is 96.8 Å². The molecule has 57 heavy (non-hydrogen) atoms. The van der Waals surface area contributed by atoms with E-state index in [1.54, 1.807) is 56.4 Å². The summed E-state index contributed by atoms with van der Waals surface area (Å²) in [7, 11) is 7.19. The first kappa shape index (κ1) is 38.3. The van der Waals surface area contributed by atoms with Gasteiger partial charge in [-0.05, 0) is 111 Å². The van der Waals surface area contributed by atoms with Gasteiger partial charge >= 0.3 is 0 Å². The van der Waals surface area contributed by atoms with Gasteiger partial charge in [0.15, 0.2) is 0 Å². The molecule has 2 saturated heterocycles. The number of carbonyl (C=O) groups excluding carboxylic acids is 4. The molecule has 2 aromatic heterocycles. The van der Waals surface area contributed by atoms with Gasteiger partial charge in [0.2, 0.25) is 11.8 Å². The SMILES string of the molecule is COc1cc(-c2cn(C)c(=O)c3cnccc23)cc(OC)c1CN(C)CCCCN1CC2(CCC(Oc3ccc4c(c3)C(=O)N(C3CCC(=O)NC3=O)C4=O)C2)C1. The lowest BCUT2D eigenvalue weighted by Crippen LogP contribution is -2.55. The summed E-state index contributed by atoms with van der Waals surface area (Å²) in [5, 5.41) is 3.62. The van der Waals surface area contributed by atoms with Crippen molar-refractivity contribution in [3.05, 3.63) is 82.0 Å². The van der Waals surface area contributed by atoms with Crippen molar-refractivity contribution in [2.24, 2.45) is 12.5 Å². The average molecular weight is 777 g/mol. The molecule has 0 bridgehead atoms. The van der Waals surface area contributed by atoms with Crippen LogP contribution >= 0.6 is 0 Å². The largest absolute Gasteiger partial charge is 0.496 e. The highest BCUT2D eigenvalue weighted by Gasteiger charge is 2.49. The average Bonchev–Trinajstić information content (AvgIpc) is 3.72. The van der Waals surface area contributed by atoms with E-state index in [1.165, 1.54) is 0 Å². The third-order valence-electron chi connectivity index (χ3n) is 12.1. The molecule has 2 unspecified atom stereocenters. The van der Waals surface area contributed by atoms with Crippen molar-refractivity contribution < 1.29 is 33.4 Å². The molecule has 1 N–H and O–H groups in total. The number of hydrogen-bond donors (Lipinski definition) is 1. The molecule has 8 rings (SSSR count). The zero-order valence-corrected chi connectivity index (χ0v) is 32.8. The summed E-state index contributed by atoms with van der Waals surface area (Å²) in [6.07, 6.45) is 10.5. The van der Waals surface area contributed by atoms with Crippen LogP contribution in [0.15, 0.2) is 59.8 Å². The number of unbranched alkanes of at least 4 members (excludes halogenated alkanes) is 1. The Morgan fingerprint density at radius 1 is 0.912 bits per heavy atom. The third kappa shape index (κ3) is 7.27. The van der Waals surface area contributed by atoms with Crippen molar-refractivity contribution in [2.75, 3.05) is 47.4 Å². The number of imide groups is 2. The molecule has 4 aliphatic rings. The number of pyridine rings is 2. The van der Waals surface area contributed by atoms with E-state index in [0.29, 0.717) is 17.7 Å². The summed E-state index contributed by atoms with van der Waals surface area (Å²) in [5.41, 5.74) is 3.39. The van der Waals surface area contributed by atoms with E-state index in [1.807, 2.05) is 24.4 Å². The predicted octanol–water partition coefficient (Wildman–Crippen LogP) is 4.16. The van der Waals surface area contributed by atoms with Gasteiger partial charge in [0.1, 0.15) is 23.3 Å². The number of aromatic nitrogens is 2. The molecular formula is C43H48N6O8. The maximum Gasteiger partial charge on any atom is 0.262 e. The van der Waals surface area contributed by atoms with Crippen molar-refractivity contribution in [3.63, 3.8) is 0 Å². The van der Waals surface area contributed by atoms with Crippen molar-refractivity contribution in [1.29, 1.82) is 0 Å². The van der Waals surface area contributed by atoms with E-state index in [9.17, 15) is 24.0 Å². The molecule has 1 spiro atoms. The van der Waals surface area contributed by atoms with Crippen LogP contribution in [0, 0.1) is 5.41 Å². The van der Waals surface area contributed by atoms with Gasteiger partial charge < -0.3 is 28.6 Å². The molecule has 4 aromatic rings. The van der Waals surface area contributed by atoms with E-state index in [-0.39, 0.29) is 41.0 Å². The molecule has 1 saturated carbocycles. The standard InChI is InChI=1S/C43H48N6O8/c1-46(22-34-36(55-3)17-26(18-37(34)56-4)33-23-47(2)40(52)32-21-44-14-12-29(32)33)15-5-6-16-48-24-43(25-48)13-11-28(20-43)57-27-7-8-30-31(19-27)42(54)49(41(30)53)35-9-10-38(50)45-39(35)51/h7-8,12,14,17-19,21,23,28,35H,5-6,9-11,13,15-16,20,22,24-25H2,1-4H3,(H,45,50,51). The van der Waals surface area contributed by atoms with E-state index in [4.69, 9.17) is 14.2 Å². The van der Waals surface area contributed by atoms with Crippen LogP contribution in [0.1, 0.15) is 71.2 Å². The van der Waals surface area contributed by atoms with Crippen LogP contribution < -0.4 is 25.1 Å². The summed E-state index contributed by atoms with van der Waals surface area (Å²) in [5.74, 6) is -0.0636. The Balaban J connectivity index is 0.806. The number of nitrogens with zero attached hydrogens (tertiary/aromatic N) is 5. The second-order valence-electron chi connectivity index (χ2n) is 16.0. The van der Waals surface area contributed by atoms with Crippen molar-refractivity contribution in [2.45, 2.75) is 63.6 Å². The molecule has 14 nitrogen and oxygen atoms in total. The van der Waals surface area contributed by atoms with Gasteiger partial charge in [-0.2, -0.15) is 0 Å². The second-order valence-corrected chi connectivity index (χ2v) is 16.0. The summed E-state index contributed by atoms with van der Waals surface area (Å²) in [6.45, 7) is 4.70. The van der Waals surface area contributed by atoms with Crippen molar-refractivity contribution in [3.8, 4) is 28.4 Å². The molecule has 1 aliphatic carbocycles. The zero-order chi connectivity index (χ0) is 40.0. The van der Waals surface area contributed by atoms with Gasteiger partial charge in [0.05, 0.1) is 42.4 Å². The van der Waals surface area contributed by atoms with Gasteiger partial charge in [-0.3, -0.25) is 39.2 Å². The first-order valence-corrected chi connectivity index (χ1v) is 19.6. The van der Waals surface area contributed by atoms with Crippen LogP contribution in [0.2, 0.25) is 0 Å².